The lowest BCUT2D eigenvalue weighted by Crippen LogP contribution is -2.19. The van der Waals surface area contributed by atoms with Gasteiger partial charge in [0, 0.05) is 29.3 Å². The molecule has 0 heterocycles. The van der Waals surface area contributed by atoms with Crippen molar-refractivity contribution in [3.63, 3.8) is 0 Å². The van der Waals surface area contributed by atoms with E-state index < -0.39 is 6.10 Å². The summed E-state index contributed by atoms with van der Waals surface area (Å²) in [5, 5.41) is 9.88. The number of nitrogens with zero attached hydrogens (tertiary/aromatic N) is 1. The van der Waals surface area contributed by atoms with Gasteiger partial charge in [-0.05, 0) is 49.2 Å². The number of hydrogen-bond donors (Lipinski definition) is 1. The Balaban J connectivity index is 2.34. The second-order valence-electron chi connectivity index (χ2n) is 5.32. The molecule has 0 spiro atoms. The summed E-state index contributed by atoms with van der Waals surface area (Å²) in [6.45, 7) is 4.07. The van der Waals surface area contributed by atoms with E-state index in [4.69, 9.17) is 0 Å². The van der Waals surface area contributed by atoms with Crippen molar-refractivity contribution >= 4 is 21.6 Å². The monoisotopic (exact) mass is 351 g/mol. The predicted molar refractivity (Wildman–Crippen MR) is 88.0 cm³/mol. The first kappa shape index (κ1) is 16.0. The Kier molecular flexibility index (Phi) is 5.01. The predicted octanol–water partition coefficient (Wildman–Crippen LogP) is 4.59. The van der Waals surface area contributed by atoms with Gasteiger partial charge in [0.1, 0.15) is 5.82 Å². The van der Waals surface area contributed by atoms with Crippen molar-refractivity contribution in [2.24, 2.45) is 0 Å². The minimum absolute atomic E-state index is 0.287. The first-order chi connectivity index (χ1) is 9.88. The van der Waals surface area contributed by atoms with Gasteiger partial charge in [-0.25, -0.2) is 4.39 Å². The summed E-state index contributed by atoms with van der Waals surface area (Å²) in [6, 6.07) is 11.3. The highest BCUT2D eigenvalue weighted by molar-refractivity contribution is 9.10. The summed E-state index contributed by atoms with van der Waals surface area (Å²) in [6.07, 6.45) is -0.708. The maximum Gasteiger partial charge on any atom is 0.126 e. The van der Waals surface area contributed by atoms with Crippen LogP contribution < -0.4 is 4.90 Å². The van der Waals surface area contributed by atoms with Crippen LogP contribution in [0.5, 0.6) is 0 Å². The minimum Gasteiger partial charge on any atom is -0.389 e. The van der Waals surface area contributed by atoms with Gasteiger partial charge in [0.25, 0.3) is 0 Å². The third-order valence-electron chi connectivity index (χ3n) is 3.48. The molecule has 2 nitrogen and oxygen atoms in total. The van der Waals surface area contributed by atoms with Gasteiger partial charge >= 0.3 is 0 Å². The summed E-state index contributed by atoms with van der Waals surface area (Å²) >= 11 is 3.46. The molecule has 0 aliphatic carbocycles. The summed E-state index contributed by atoms with van der Waals surface area (Å²) in [7, 11) is 1.94. The maximum atomic E-state index is 13.7. The molecule has 1 N–H and O–H groups in total. The van der Waals surface area contributed by atoms with Crippen molar-refractivity contribution in [1.29, 1.82) is 0 Å². The SMILES string of the molecule is Cc1cc(N(C)Cc2cccc(Br)c2)c(C(C)O)cc1F. The summed E-state index contributed by atoms with van der Waals surface area (Å²) < 4.78 is 14.8. The fourth-order valence-corrected chi connectivity index (χ4v) is 2.79. The molecule has 2 rings (SSSR count). The molecule has 4 heteroatoms. The third-order valence-corrected chi connectivity index (χ3v) is 3.97. The van der Waals surface area contributed by atoms with Crippen LogP contribution in [0.25, 0.3) is 0 Å². The Morgan fingerprint density at radius 2 is 2.00 bits per heavy atom. The molecule has 0 radical (unpaired) electrons. The fourth-order valence-electron chi connectivity index (χ4n) is 2.34. The summed E-state index contributed by atoms with van der Waals surface area (Å²) in [4.78, 5) is 2.02. The molecule has 1 unspecified atom stereocenters. The van der Waals surface area contributed by atoms with Gasteiger partial charge in [-0.15, -0.1) is 0 Å². The zero-order chi connectivity index (χ0) is 15.6. The minimum atomic E-state index is -0.708. The van der Waals surface area contributed by atoms with Crippen LogP contribution in [-0.4, -0.2) is 12.2 Å². The summed E-state index contributed by atoms with van der Waals surface area (Å²) in [5.41, 5.74) is 3.18. The van der Waals surface area contributed by atoms with Crippen molar-refractivity contribution < 1.29 is 9.50 Å². The molecule has 0 saturated carbocycles. The van der Waals surface area contributed by atoms with Crippen LogP contribution >= 0.6 is 15.9 Å². The second-order valence-corrected chi connectivity index (χ2v) is 6.24. The Hall–Kier alpha value is -1.39. The number of anilines is 1. The van der Waals surface area contributed by atoms with E-state index >= 15 is 0 Å². The first-order valence-corrected chi connectivity index (χ1v) is 7.61. The smallest absolute Gasteiger partial charge is 0.126 e. The van der Waals surface area contributed by atoms with E-state index in [2.05, 4.69) is 22.0 Å². The highest BCUT2D eigenvalue weighted by Gasteiger charge is 2.15. The van der Waals surface area contributed by atoms with E-state index in [1.54, 1.807) is 19.9 Å². The molecule has 1 atom stereocenters. The van der Waals surface area contributed by atoms with Gasteiger partial charge in [-0.3, -0.25) is 0 Å². The molecule has 0 aromatic heterocycles. The molecule has 112 valence electrons. The standard InChI is InChI=1S/C17H19BrFNO/c1-11-7-17(15(12(2)21)9-16(11)19)20(3)10-13-5-4-6-14(18)8-13/h4-9,12,21H,10H2,1-3H3. The molecule has 0 fully saturated rings. The topological polar surface area (TPSA) is 23.5 Å². The average molecular weight is 352 g/mol. The van der Waals surface area contributed by atoms with Crippen LogP contribution in [0.1, 0.15) is 29.7 Å². The molecular formula is C17H19BrFNO. The molecule has 0 aliphatic heterocycles. The molecule has 2 aromatic rings. The van der Waals surface area contributed by atoms with Gasteiger partial charge in [-0.1, -0.05) is 28.1 Å². The Labute approximate surface area is 133 Å². The number of hydrogen-bond acceptors (Lipinski definition) is 2. The van der Waals surface area contributed by atoms with Crippen molar-refractivity contribution in [1.82, 2.24) is 0 Å². The number of rotatable bonds is 4. The van der Waals surface area contributed by atoms with Crippen LogP contribution in [0, 0.1) is 12.7 Å². The van der Waals surface area contributed by atoms with Crippen molar-refractivity contribution in [3.8, 4) is 0 Å². The van der Waals surface area contributed by atoms with Crippen LogP contribution in [0.3, 0.4) is 0 Å². The molecule has 0 bridgehead atoms. The Morgan fingerprint density at radius 1 is 1.29 bits per heavy atom. The quantitative estimate of drug-likeness (QED) is 0.870. The zero-order valence-corrected chi connectivity index (χ0v) is 14.0. The molecule has 21 heavy (non-hydrogen) atoms. The van der Waals surface area contributed by atoms with E-state index in [-0.39, 0.29) is 5.82 Å². The van der Waals surface area contributed by atoms with Gasteiger partial charge < -0.3 is 10.0 Å². The van der Waals surface area contributed by atoms with E-state index in [0.29, 0.717) is 17.7 Å². The van der Waals surface area contributed by atoms with Gasteiger partial charge in [0.05, 0.1) is 6.10 Å². The van der Waals surface area contributed by atoms with E-state index in [9.17, 15) is 9.50 Å². The summed E-state index contributed by atoms with van der Waals surface area (Å²) in [5.74, 6) is -0.287. The van der Waals surface area contributed by atoms with E-state index in [1.807, 2.05) is 30.1 Å². The van der Waals surface area contributed by atoms with Crippen LogP contribution in [-0.2, 0) is 6.54 Å². The highest BCUT2D eigenvalue weighted by Crippen LogP contribution is 2.29. The lowest BCUT2D eigenvalue weighted by molar-refractivity contribution is 0.199. The first-order valence-electron chi connectivity index (χ1n) is 6.82. The Morgan fingerprint density at radius 3 is 2.62 bits per heavy atom. The zero-order valence-electron chi connectivity index (χ0n) is 12.4. The number of benzene rings is 2. The van der Waals surface area contributed by atoms with Crippen molar-refractivity contribution in [2.75, 3.05) is 11.9 Å². The lowest BCUT2D eigenvalue weighted by Gasteiger charge is -2.24. The average Bonchev–Trinajstić information content (AvgIpc) is 2.41. The van der Waals surface area contributed by atoms with Crippen molar-refractivity contribution in [3.05, 3.63) is 63.4 Å². The van der Waals surface area contributed by atoms with E-state index in [0.717, 1.165) is 15.7 Å². The number of aliphatic hydroxyl groups is 1. The molecule has 0 saturated heterocycles. The third kappa shape index (κ3) is 3.83. The molecular weight excluding hydrogens is 333 g/mol. The molecule has 0 aliphatic rings. The van der Waals surface area contributed by atoms with Gasteiger partial charge in [-0.2, -0.15) is 0 Å². The van der Waals surface area contributed by atoms with Crippen LogP contribution in [0.4, 0.5) is 10.1 Å². The second kappa shape index (κ2) is 6.58. The lowest BCUT2D eigenvalue weighted by atomic mass is 10.0. The van der Waals surface area contributed by atoms with Crippen molar-refractivity contribution in [2.45, 2.75) is 26.5 Å². The number of halogens is 2. The fraction of sp³-hybridized carbons (Fsp3) is 0.294. The Bertz CT molecular complexity index is 643. The molecule has 2 aromatic carbocycles. The largest absolute Gasteiger partial charge is 0.389 e. The van der Waals surface area contributed by atoms with E-state index in [1.165, 1.54) is 6.07 Å². The van der Waals surface area contributed by atoms with Gasteiger partial charge in [0.15, 0.2) is 0 Å². The maximum absolute atomic E-state index is 13.7. The normalized spacial score (nSPS) is 12.3. The van der Waals surface area contributed by atoms with Crippen LogP contribution in [0.15, 0.2) is 40.9 Å². The number of aryl methyl sites for hydroxylation is 1. The van der Waals surface area contributed by atoms with Gasteiger partial charge in [0.2, 0.25) is 0 Å². The highest BCUT2D eigenvalue weighted by atomic mass is 79.9. The molecule has 0 amide bonds. The van der Waals surface area contributed by atoms with Crippen LogP contribution in [0.2, 0.25) is 0 Å². The number of aliphatic hydroxyl groups excluding tert-OH is 1.